The molecular formula is C25H27NO4S. The van der Waals surface area contributed by atoms with E-state index in [0.29, 0.717) is 30.4 Å². The standard InChI is InChI=1S/C25H27NO4S/c1-16-22(26-25(31-16)19-6-9-23(28-2)24(15-19)29-3)11-13-30-20-7-8-21-17(10-12-27)4-5-18(21)14-20/h6-9,12,14-15,17H,4-5,10-11,13H2,1-3H3/t17-/m0/s1. The quantitative estimate of drug-likeness (QED) is 0.421. The van der Waals surface area contributed by atoms with Gasteiger partial charge in [0.2, 0.25) is 0 Å². The number of aldehydes is 1. The van der Waals surface area contributed by atoms with E-state index >= 15 is 0 Å². The highest BCUT2D eigenvalue weighted by atomic mass is 32.1. The zero-order valence-electron chi connectivity index (χ0n) is 18.1. The van der Waals surface area contributed by atoms with Gasteiger partial charge in [0, 0.05) is 23.3 Å². The van der Waals surface area contributed by atoms with Gasteiger partial charge < -0.3 is 19.0 Å². The molecule has 1 aliphatic carbocycles. The normalized spacial score (nSPS) is 14.9. The molecule has 4 rings (SSSR count). The van der Waals surface area contributed by atoms with Gasteiger partial charge in [-0.2, -0.15) is 0 Å². The van der Waals surface area contributed by atoms with Crippen LogP contribution in [0.1, 0.15) is 40.5 Å². The zero-order chi connectivity index (χ0) is 21.8. The van der Waals surface area contributed by atoms with Crippen LogP contribution < -0.4 is 14.2 Å². The van der Waals surface area contributed by atoms with Crippen LogP contribution in [0.3, 0.4) is 0 Å². The minimum Gasteiger partial charge on any atom is -0.493 e. The van der Waals surface area contributed by atoms with E-state index in [1.54, 1.807) is 25.6 Å². The minimum absolute atomic E-state index is 0.370. The summed E-state index contributed by atoms with van der Waals surface area (Å²) in [5, 5.41) is 0.965. The molecule has 162 valence electrons. The molecule has 0 saturated carbocycles. The summed E-state index contributed by atoms with van der Waals surface area (Å²) in [6.45, 7) is 2.67. The number of methoxy groups -OCH3 is 2. The second kappa shape index (κ2) is 9.52. The van der Waals surface area contributed by atoms with E-state index < -0.39 is 0 Å². The van der Waals surface area contributed by atoms with Crippen molar-refractivity contribution in [2.45, 2.75) is 38.5 Å². The van der Waals surface area contributed by atoms with Crippen LogP contribution >= 0.6 is 11.3 Å². The molecule has 31 heavy (non-hydrogen) atoms. The Hall–Kier alpha value is -2.86. The zero-order valence-corrected chi connectivity index (χ0v) is 19.0. The van der Waals surface area contributed by atoms with Gasteiger partial charge in [-0.25, -0.2) is 4.98 Å². The number of fused-ring (bicyclic) bond motifs is 1. The van der Waals surface area contributed by atoms with Gasteiger partial charge in [-0.05, 0) is 67.1 Å². The molecule has 0 unspecified atom stereocenters. The number of carbonyl (C=O) groups is 1. The number of benzene rings is 2. The van der Waals surface area contributed by atoms with Gasteiger partial charge in [-0.3, -0.25) is 0 Å². The molecule has 0 fully saturated rings. The van der Waals surface area contributed by atoms with Crippen molar-refractivity contribution in [3.63, 3.8) is 0 Å². The third-order valence-electron chi connectivity index (χ3n) is 5.83. The predicted octanol–water partition coefficient (Wildman–Crippen LogP) is 5.38. The summed E-state index contributed by atoms with van der Waals surface area (Å²) in [6, 6.07) is 12.1. The third kappa shape index (κ3) is 4.59. The lowest BCUT2D eigenvalue weighted by atomic mass is 9.99. The summed E-state index contributed by atoms with van der Waals surface area (Å²) in [7, 11) is 3.27. The fraction of sp³-hybridized carbons (Fsp3) is 0.360. The van der Waals surface area contributed by atoms with Gasteiger partial charge in [0.1, 0.15) is 17.0 Å². The van der Waals surface area contributed by atoms with Crippen LogP contribution in [0.25, 0.3) is 10.6 Å². The monoisotopic (exact) mass is 437 g/mol. The third-order valence-corrected chi connectivity index (χ3v) is 6.89. The fourth-order valence-corrected chi connectivity index (χ4v) is 5.11. The number of ether oxygens (including phenoxy) is 3. The Kier molecular flexibility index (Phi) is 6.56. The number of carbonyl (C=O) groups excluding carboxylic acids is 1. The highest BCUT2D eigenvalue weighted by molar-refractivity contribution is 7.15. The van der Waals surface area contributed by atoms with Gasteiger partial charge >= 0.3 is 0 Å². The fourth-order valence-electron chi connectivity index (χ4n) is 4.15. The van der Waals surface area contributed by atoms with Gasteiger partial charge in [0.15, 0.2) is 11.5 Å². The Labute approximate surface area is 187 Å². The molecule has 1 atom stereocenters. The summed E-state index contributed by atoms with van der Waals surface area (Å²) in [5.41, 5.74) is 4.68. The molecule has 0 amide bonds. The van der Waals surface area contributed by atoms with E-state index in [0.717, 1.165) is 47.6 Å². The number of hydrogen-bond acceptors (Lipinski definition) is 6. The number of rotatable bonds is 9. The topological polar surface area (TPSA) is 57.7 Å². The van der Waals surface area contributed by atoms with Crippen molar-refractivity contribution in [3.05, 3.63) is 58.1 Å². The molecule has 1 aromatic heterocycles. The van der Waals surface area contributed by atoms with Crippen molar-refractivity contribution in [2.75, 3.05) is 20.8 Å². The van der Waals surface area contributed by atoms with Crippen LogP contribution in [-0.4, -0.2) is 32.1 Å². The number of aryl methyl sites for hydroxylation is 2. The number of aromatic nitrogens is 1. The Morgan fingerprint density at radius 3 is 2.74 bits per heavy atom. The molecule has 0 radical (unpaired) electrons. The first-order valence-electron chi connectivity index (χ1n) is 10.5. The van der Waals surface area contributed by atoms with Crippen LogP contribution in [-0.2, 0) is 17.6 Å². The van der Waals surface area contributed by atoms with Crippen molar-refractivity contribution < 1.29 is 19.0 Å². The molecule has 0 saturated heterocycles. The van der Waals surface area contributed by atoms with Crippen LogP contribution in [0.2, 0.25) is 0 Å². The van der Waals surface area contributed by atoms with Crippen molar-refractivity contribution >= 4 is 17.6 Å². The molecule has 0 spiro atoms. The molecule has 1 heterocycles. The molecule has 0 N–H and O–H groups in total. The summed E-state index contributed by atoms with van der Waals surface area (Å²) in [6.07, 6.45) is 4.45. The average molecular weight is 438 g/mol. The second-order valence-corrected chi connectivity index (χ2v) is 8.89. The summed E-state index contributed by atoms with van der Waals surface area (Å²) in [5.74, 6) is 2.66. The molecule has 1 aliphatic rings. The second-order valence-electron chi connectivity index (χ2n) is 7.69. The molecule has 6 heteroatoms. The van der Waals surface area contributed by atoms with E-state index in [9.17, 15) is 4.79 Å². The Balaban J connectivity index is 1.40. The molecule has 5 nitrogen and oxygen atoms in total. The number of hydrogen-bond donors (Lipinski definition) is 0. The first kappa shape index (κ1) is 21.4. The maximum absolute atomic E-state index is 10.9. The van der Waals surface area contributed by atoms with Crippen molar-refractivity contribution in [2.24, 2.45) is 0 Å². The summed E-state index contributed by atoms with van der Waals surface area (Å²) in [4.78, 5) is 16.9. The molecule has 0 bridgehead atoms. The summed E-state index contributed by atoms with van der Waals surface area (Å²) >= 11 is 1.68. The average Bonchev–Trinajstić information content (AvgIpc) is 3.36. The first-order valence-corrected chi connectivity index (χ1v) is 11.3. The van der Waals surface area contributed by atoms with Gasteiger partial charge in [0.25, 0.3) is 0 Å². The van der Waals surface area contributed by atoms with E-state index in [1.807, 2.05) is 24.3 Å². The molecule has 0 aliphatic heterocycles. The lowest BCUT2D eigenvalue weighted by molar-refractivity contribution is -0.108. The van der Waals surface area contributed by atoms with Crippen molar-refractivity contribution in [3.8, 4) is 27.8 Å². The van der Waals surface area contributed by atoms with E-state index in [1.165, 1.54) is 16.0 Å². The van der Waals surface area contributed by atoms with E-state index in [2.05, 4.69) is 19.1 Å². The molecule has 3 aromatic rings. The maximum Gasteiger partial charge on any atom is 0.161 e. The van der Waals surface area contributed by atoms with E-state index in [-0.39, 0.29) is 0 Å². The largest absolute Gasteiger partial charge is 0.493 e. The lowest BCUT2D eigenvalue weighted by Gasteiger charge is -2.10. The maximum atomic E-state index is 10.9. The predicted molar refractivity (Wildman–Crippen MR) is 123 cm³/mol. The lowest BCUT2D eigenvalue weighted by Crippen LogP contribution is -2.03. The van der Waals surface area contributed by atoms with E-state index in [4.69, 9.17) is 19.2 Å². The van der Waals surface area contributed by atoms with Gasteiger partial charge in [-0.15, -0.1) is 11.3 Å². The van der Waals surface area contributed by atoms with Gasteiger partial charge in [0.05, 0.1) is 26.5 Å². The SMILES string of the molecule is COc1ccc(-c2nc(CCOc3ccc4c(c3)CC[C@H]4CC=O)c(C)s2)cc1OC. The number of nitrogens with zero attached hydrogens (tertiary/aromatic N) is 1. The highest BCUT2D eigenvalue weighted by Gasteiger charge is 2.22. The van der Waals surface area contributed by atoms with Crippen LogP contribution in [0.5, 0.6) is 17.2 Å². The van der Waals surface area contributed by atoms with Crippen LogP contribution in [0.4, 0.5) is 0 Å². The molecule has 2 aromatic carbocycles. The van der Waals surface area contributed by atoms with Crippen molar-refractivity contribution in [1.82, 2.24) is 4.98 Å². The van der Waals surface area contributed by atoms with Crippen LogP contribution in [0.15, 0.2) is 36.4 Å². The number of thiazole rings is 1. The highest BCUT2D eigenvalue weighted by Crippen LogP contribution is 2.37. The Morgan fingerprint density at radius 2 is 1.97 bits per heavy atom. The first-order chi connectivity index (χ1) is 15.1. The summed E-state index contributed by atoms with van der Waals surface area (Å²) < 4.78 is 16.8. The smallest absolute Gasteiger partial charge is 0.161 e. The van der Waals surface area contributed by atoms with Crippen molar-refractivity contribution in [1.29, 1.82) is 0 Å². The minimum atomic E-state index is 0.370. The molecular weight excluding hydrogens is 410 g/mol. The van der Waals surface area contributed by atoms with Gasteiger partial charge in [-0.1, -0.05) is 6.07 Å². The Bertz CT molecular complexity index is 1080. The van der Waals surface area contributed by atoms with Crippen LogP contribution in [0, 0.1) is 6.92 Å². The Morgan fingerprint density at radius 1 is 1.13 bits per heavy atom.